The van der Waals surface area contributed by atoms with Crippen LogP contribution in [-0.2, 0) is 21.0 Å². The number of sulfonamides is 1. The molecule has 40 heavy (non-hydrogen) atoms. The lowest BCUT2D eigenvalue weighted by molar-refractivity contribution is -0.139. The Morgan fingerprint density at radius 1 is 1.00 bits per heavy atom. The summed E-state index contributed by atoms with van der Waals surface area (Å²) in [5.74, 6) is -1.69. The number of carboxylic acid groups (broad SMARTS) is 1. The summed E-state index contributed by atoms with van der Waals surface area (Å²) in [5.41, 5.74) is 0.347. The summed E-state index contributed by atoms with van der Waals surface area (Å²) in [6.45, 7) is 0.618. The number of piperazine rings is 1. The smallest absolute Gasteiger partial charge is 0.416 e. The Hall–Kier alpha value is -4.15. The fraction of sp³-hybridized carbons (Fsp3) is 0.259. The van der Waals surface area contributed by atoms with E-state index < -0.39 is 44.5 Å². The molecule has 1 N–H and O–H groups in total. The number of fused-ring (bicyclic) bond motifs is 3. The molecule has 13 heteroatoms. The Balaban J connectivity index is 1.64. The minimum Gasteiger partial charge on any atom is -0.480 e. The van der Waals surface area contributed by atoms with Gasteiger partial charge in [0.1, 0.15) is 5.82 Å². The number of alkyl halides is 3. The fourth-order valence-corrected chi connectivity index (χ4v) is 6.73. The lowest BCUT2D eigenvalue weighted by Gasteiger charge is -2.49. The van der Waals surface area contributed by atoms with Gasteiger partial charge in [-0.05, 0) is 59.7 Å². The normalized spacial score (nSPS) is 17.6. The van der Waals surface area contributed by atoms with Crippen molar-refractivity contribution in [2.24, 2.45) is 0 Å². The highest BCUT2D eigenvalue weighted by molar-refractivity contribution is 7.92. The number of carboxylic acids is 1. The fourth-order valence-electron chi connectivity index (χ4n) is 5.17. The zero-order valence-electron chi connectivity index (χ0n) is 20.8. The third-order valence-electron chi connectivity index (χ3n) is 6.97. The Kier molecular flexibility index (Phi) is 6.93. The Labute approximate surface area is 227 Å². The van der Waals surface area contributed by atoms with E-state index in [9.17, 15) is 41.1 Å². The number of benzene rings is 3. The van der Waals surface area contributed by atoms with Crippen molar-refractivity contribution in [2.75, 3.05) is 41.9 Å². The maximum absolute atomic E-state index is 14.2. The molecule has 0 aliphatic carbocycles. The van der Waals surface area contributed by atoms with Gasteiger partial charge in [-0.1, -0.05) is 12.1 Å². The van der Waals surface area contributed by atoms with E-state index >= 15 is 0 Å². The number of hydrogen-bond acceptors (Lipinski definition) is 6. The van der Waals surface area contributed by atoms with E-state index in [1.54, 1.807) is 17.0 Å². The molecule has 0 aromatic heterocycles. The summed E-state index contributed by atoms with van der Waals surface area (Å²) in [7, 11) is -4.52. The number of hydrogen-bond donors (Lipinski definition) is 1. The molecule has 1 fully saturated rings. The number of rotatable bonds is 5. The zero-order chi connectivity index (χ0) is 28.8. The molecule has 2 aliphatic heterocycles. The lowest BCUT2D eigenvalue weighted by Crippen LogP contribution is -2.61. The van der Waals surface area contributed by atoms with Crippen molar-refractivity contribution in [3.8, 4) is 17.2 Å². The summed E-state index contributed by atoms with van der Waals surface area (Å²) < 4.78 is 83.3. The average Bonchev–Trinajstić information content (AvgIpc) is 2.91. The van der Waals surface area contributed by atoms with Crippen LogP contribution in [0.2, 0.25) is 0 Å². The van der Waals surface area contributed by atoms with Crippen LogP contribution in [0, 0.1) is 17.1 Å². The second-order valence-corrected chi connectivity index (χ2v) is 11.4. The topological polar surface area (TPSA) is 105 Å². The van der Waals surface area contributed by atoms with E-state index in [-0.39, 0.29) is 30.9 Å². The summed E-state index contributed by atoms with van der Waals surface area (Å²) in [6, 6.07) is 13.4. The van der Waals surface area contributed by atoms with Crippen LogP contribution in [-0.4, -0.2) is 63.2 Å². The highest BCUT2D eigenvalue weighted by atomic mass is 32.2. The molecular weight excluding hydrogens is 552 g/mol. The number of halogens is 4. The maximum Gasteiger partial charge on any atom is 0.416 e. The summed E-state index contributed by atoms with van der Waals surface area (Å²) >= 11 is 0. The van der Waals surface area contributed by atoms with E-state index in [4.69, 9.17) is 0 Å². The third kappa shape index (κ3) is 5.20. The third-order valence-corrected chi connectivity index (χ3v) is 8.74. The number of aliphatic carboxylic acids is 1. The Morgan fingerprint density at radius 3 is 2.48 bits per heavy atom. The molecule has 1 saturated heterocycles. The molecule has 3 aromatic carbocycles. The van der Waals surface area contributed by atoms with Crippen molar-refractivity contribution in [1.82, 2.24) is 4.90 Å². The molecule has 2 heterocycles. The molecule has 0 radical (unpaired) electrons. The highest BCUT2D eigenvalue weighted by Crippen LogP contribution is 2.43. The standard InChI is InChI=1S/C27H22F4N4O4S/c28-21-9-17(13-32)8-19(10-21)18-4-5-24-25(11-18)35(15-22-14-33(16-26(36)37)6-7-34(22)24)40(38,39)23-3-1-2-20(12-23)27(29,30)31/h1-5,8-12,22H,6-7,14-16H2,(H,36,37)/t22-/m0/s1. The summed E-state index contributed by atoms with van der Waals surface area (Å²) in [6.07, 6.45) is -4.76. The van der Waals surface area contributed by atoms with Crippen LogP contribution in [0.3, 0.4) is 0 Å². The predicted molar refractivity (Wildman–Crippen MR) is 138 cm³/mol. The number of carbonyl (C=O) groups is 1. The van der Waals surface area contributed by atoms with Gasteiger partial charge in [0.2, 0.25) is 0 Å². The monoisotopic (exact) mass is 574 g/mol. The number of anilines is 2. The average molecular weight is 575 g/mol. The maximum atomic E-state index is 14.2. The second-order valence-electron chi connectivity index (χ2n) is 9.58. The van der Waals surface area contributed by atoms with Crippen molar-refractivity contribution in [3.63, 3.8) is 0 Å². The van der Waals surface area contributed by atoms with Crippen molar-refractivity contribution >= 4 is 27.4 Å². The van der Waals surface area contributed by atoms with Gasteiger partial charge in [-0.3, -0.25) is 14.0 Å². The Morgan fingerprint density at radius 2 is 1.77 bits per heavy atom. The first-order valence-electron chi connectivity index (χ1n) is 12.1. The SMILES string of the molecule is N#Cc1cc(F)cc(-c2ccc3c(c2)N(S(=O)(=O)c2cccc(C(F)(F)F)c2)C[C@@H]2CN(CC(=O)O)CCN32)c1. The van der Waals surface area contributed by atoms with Crippen molar-refractivity contribution < 1.29 is 35.9 Å². The first kappa shape index (κ1) is 27.4. The van der Waals surface area contributed by atoms with Gasteiger partial charge < -0.3 is 10.0 Å². The van der Waals surface area contributed by atoms with Crippen LogP contribution in [0.15, 0.2) is 65.6 Å². The first-order valence-corrected chi connectivity index (χ1v) is 13.6. The molecule has 3 aromatic rings. The molecule has 2 aliphatic rings. The molecule has 208 valence electrons. The van der Waals surface area contributed by atoms with Gasteiger partial charge in [-0.25, -0.2) is 12.8 Å². The van der Waals surface area contributed by atoms with Crippen molar-refractivity contribution in [3.05, 3.63) is 77.6 Å². The first-order chi connectivity index (χ1) is 18.9. The molecule has 0 unspecified atom stereocenters. The Bertz CT molecular complexity index is 1640. The van der Waals surface area contributed by atoms with Crippen LogP contribution in [0.25, 0.3) is 11.1 Å². The molecule has 1 atom stereocenters. The van der Waals surface area contributed by atoms with E-state index in [0.717, 1.165) is 28.6 Å². The minimum absolute atomic E-state index is 0.0655. The van der Waals surface area contributed by atoms with E-state index in [1.165, 1.54) is 18.2 Å². The van der Waals surface area contributed by atoms with E-state index in [0.29, 0.717) is 36.0 Å². The molecule has 0 saturated carbocycles. The van der Waals surface area contributed by atoms with Gasteiger partial charge in [0.25, 0.3) is 10.0 Å². The van der Waals surface area contributed by atoms with E-state index in [2.05, 4.69) is 0 Å². The van der Waals surface area contributed by atoms with Crippen LogP contribution in [0.5, 0.6) is 0 Å². The molecule has 0 amide bonds. The molecule has 0 bridgehead atoms. The zero-order valence-corrected chi connectivity index (χ0v) is 21.6. The van der Waals surface area contributed by atoms with Crippen LogP contribution >= 0.6 is 0 Å². The quantitative estimate of drug-likeness (QED) is 0.456. The van der Waals surface area contributed by atoms with E-state index in [1.807, 2.05) is 11.0 Å². The van der Waals surface area contributed by atoms with Gasteiger partial charge in [-0.15, -0.1) is 0 Å². The minimum atomic E-state index is -4.76. The molecular formula is C27H22F4N4O4S. The molecule has 8 nitrogen and oxygen atoms in total. The van der Waals surface area contributed by atoms with Gasteiger partial charge >= 0.3 is 12.1 Å². The van der Waals surface area contributed by atoms with Gasteiger partial charge in [-0.2, -0.15) is 18.4 Å². The summed E-state index contributed by atoms with van der Waals surface area (Å²) in [5, 5.41) is 18.5. The van der Waals surface area contributed by atoms with Crippen LogP contribution in [0.1, 0.15) is 11.1 Å². The van der Waals surface area contributed by atoms with Crippen molar-refractivity contribution in [2.45, 2.75) is 17.1 Å². The molecule has 0 spiro atoms. The molecule has 5 rings (SSSR count). The number of nitriles is 1. The van der Waals surface area contributed by atoms with Gasteiger partial charge in [0.05, 0.1) is 52.6 Å². The van der Waals surface area contributed by atoms with Gasteiger partial charge in [0.15, 0.2) is 0 Å². The highest BCUT2D eigenvalue weighted by Gasteiger charge is 2.41. The lowest BCUT2D eigenvalue weighted by atomic mass is 9.99. The predicted octanol–water partition coefficient (Wildman–Crippen LogP) is 4.17. The van der Waals surface area contributed by atoms with Crippen molar-refractivity contribution in [1.29, 1.82) is 5.26 Å². The largest absolute Gasteiger partial charge is 0.480 e. The number of nitrogens with zero attached hydrogens (tertiary/aromatic N) is 4. The van der Waals surface area contributed by atoms with Crippen LogP contribution in [0.4, 0.5) is 28.9 Å². The van der Waals surface area contributed by atoms with Gasteiger partial charge in [0, 0.05) is 19.6 Å². The second kappa shape index (κ2) is 10.1. The van der Waals surface area contributed by atoms with Crippen LogP contribution < -0.4 is 9.21 Å². The summed E-state index contributed by atoms with van der Waals surface area (Å²) in [4.78, 5) is 14.4.